The van der Waals surface area contributed by atoms with Crippen LogP contribution in [-0.2, 0) is 4.79 Å². The van der Waals surface area contributed by atoms with Crippen LogP contribution < -0.4 is 5.73 Å². The average molecular weight is 210 g/mol. The van der Waals surface area contributed by atoms with E-state index in [1.807, 2.05) is 25.1 Å². The maximum absolute atomic E-state index is 11.1. The summed E-state index contributed by atoms with van der Waals surface area (Å²) in [6.07, 6.45) is 3.47. The van der Waals surface area contributed by atoms with Crippen LogP contribution in [0.3, 0.4) is 0 Å². The van der Waals surface area contributed by atoms with Crippen molar-refractivity contribution < 1.29 is 4.79 Å². The smallest absolute Gasteiger partial charge is 0.230 e. The lowest BCUT2D eigenvalue weighted by Gasteiger charge is -2.10. The summed E-state index contributed by atoms with van der Waals surface area (Å²) in [4.78, 5) is 15.2. The Labute approximate surface area is 88.1 Å². The summed E-state index contributed by atoms with van der Waals surface area (Å²) in [5, 5.41) is 0.694. The summed E-state index contributed by atoms with van der Waals surface area (Å²) >= 11 is 1.44. The van der Waals surface area contributed by atoms with Crippen LogP contribution in [0.5, 0.6) is 0 Å². The van der Waals surface area contributed by atoms with E-state index in [1.54, 1.807) is 6.20 Å². The zero-order valence-corrected chi connectivity index (χ0v) is 8.96. The zero-order valence-electron chi connectivity index (χ0n) is 8.14. The molecule has 1 atom stereocenters. The van der Waals surface area contributed by atoms with Gasteiger partial charge in [-0.25, -0.2) is 4.98 Å². The molecular formula is C10H14N2OS. The van der Waals surface area contributed by atoms with Crippen molar-refractivity contribution in [2.75, 3.05) is 0 Å². The van der Waals surface area contributed by atoms with Crippen molar-refractivity contribution in [3.63, 3.8) is 0 Å². The molecule has 1 heterocycles. The molecule has 4 heteroatoms. The van der Waals surface area contributed by atoms with E-state index in [0.717, 1.165) is 17.9 Å². The highest BCUT2D eigenvalue weighted by Crippen LogP contribution is 2.23. The van der Waals surface area contributed by atoms with Gasteiger partial charge in [0.25, 0.3) is 0 Å². The molecule has 0 saturated carbocycles. The minimum atomic E-state index is -0.262. The maximum Gasteiger partial charge on any atom is 0.230 e. The molecule has 2 N–H and O–H groups in total. The number of thioether (sulfide) groups is 1. The molecule has 1 aromatic heterocycles. The van der Waals surface area contributed by atoms with E-state index in [9.17, 15) is 4.79 Å². The van der Waals surface area contributed by atoms with Crippen LogP contribution >= 0.6 is 11.8 Å². The molecule has 0 spiro atoms. The van der Waals surface area contributed by atoms with Crippen LogP contribution in [-0.4, -0.2) is 16.1 Å². The van der Waals surface area contributed by atoms with Crippen molar-refractivity contribution in [3.05, 3.63) is 24.4 Å². The van der Waals surface area contributed by atoms with Crippen LogP contribution in [0.4, 0.5) is 0 Å². The van der Waals surface area contributed by atoms with Gasteiger partial charge < -0.3 is 5.73 Å². The fourth-order valence-corrected chi connectivity index (χ4v) is 2.12. The molecule has 1 rings (SSSR count). The van der Waals surface area contributed by atoms with Gasteiger partial charge in [-0.05, 0) is 18.6 Å². The summed E-state index contributed by atoms with van der Waals surface area (Å²) < 4.78 is 0. The van der Waals surface area contributed by atoms with Crippen molar-refractivity contribution >= 4 is 17.7 Å². The third-order valence-electron chi connectivity index (χ3n) is 1.77. The largest absolute Gasteiger partial charge is 0.369 e. The Morgan fingerprint density at radius 2 is 2.43 bits per heavy atom. The normalized spacial score (nSPS) is 12.4. The van der Waals surface area contributed by atoms with Gasteiger partial charge in [0.05, 0.1) is 10.3 Å². The summed E-state index contributed by atoms with van der Waals surface area (Å²) in [6, 6.07) is 5.64. The van der Waals surface area contributed by atoms with Gasteiger partial charge in [0, 0.05) is 6.20 Å². The molecule has 1 aromatic rings. The van der Waals surface area contributed by atoms with Gasteiger partial charge in [0.2, 0.25) is 5.91 Å². The fraction of sp³-hybridized carbons (Fsp3) is 0.400. The molecule has 76 valence electrons. The molecule has 0 saturated heterocycles. The Morgan fingerprint density at radius 3 is 2.93 bits per heavy atom. The van der Waals surface area contributed by atoms with Crippen molar-refractivity contribution in [1.82, 2.24) is 4.98 Å². The Bertz CT molecular complexity index is 289. The lowest BCUT2D eigenvalue weighted by atomic mass is 10.2. The molecule has 0 aliphatic rings. The maximum atomic E-state index is 11.1. The number of hydrogen-bond donors (Lipinski definition) is 1. The van der Waals surface area contributed by atoms with E-state index in [1.165, 1.54) is 11.8 Å². The van der Waals surface area contributed by atoms with Crippen LogP contribution in [0.25, 0.3) is 0 Å². The highest BCUT2D eigenvalue weighted by molar-refractivity contribution is 8.00. The molecule has 0 aliphatic carbocycles. The lowest BCUT2D eigenvalue weighted by Crippen LogP contribution is -2.25. The van der Waals surface area contributed by atoms with Crippen molar-refractivity contribution in [2.24, 2.45) is 5.73 Å². The van der Waals surface area contributed by atoms with Crippen LogP contribution in [0.15, 0.2) is 29.4 Å². The molecule has 1 unspecified atom stereocenters. The molecule has 0 aromatic carbocycles. The van der Waals surface area contributed by atoms with Gasteiger partial charge >= 0.3 is 0 Å². The van der Waals surface area contributed by atoms with Gasteiger partial charge in [-0.2, -0.15) is 0 Å². The predicted octanol–water partition coefficient (Wildman–Crippen LogP) is 1.83. The number of nitrogens with two attached hydrogens (primary N) is 1. The van der Waals surface area contributed by atoms with E-state index >= 15 is 0 Å². The molecule has 0 aliphatic heterocycles. The minimum absolute atomic E-state index is 0.158. The third-order valence-corrected chi connectivity index (χ3v) is 3.00. The van der Waals surface area contributed by atoms with Crippen molar-refractivity contribution in [2.45, 2.75) is 30.0 Å². The van der Waals surface area contributed by atoms with E-state index in [0.29, 0.717) is 0 Å². The highest BCUT2D eigenvalue weighted by atomic mass is 32.2. The van der Waals surface area contributed by atoms with Crippen LogP contribution in [0.1, 0.15) is 19.8 Å². The van der Waals surface area contributed by atoms with E-state index in [-0.39, 0.29) is 11.2 Å². The molecule has 0 bridgehead atoms. The first-order valence-electron chi connectivity index (χ1n) is 4.61. The van der Waals surface area contributed by atoms with Gasteiger partial charge in [-0.15, -0.1) is 0 Å². The molecular weight excluding hydrogens is 196 g/mol. The van der Waals surface area contributed by atoms with Crippen molar-refractivity contribution in [3.8, 4) is 0 Å². The quantitative estimate of drug-likeness (QED) is 0.754. The Hall–Kier alpha value is -1.03. The second-order valence-electron chi connectivity index (χ2n) is 2.97. The fourth-order valence-electron chi connectivity index (χ4n) is 1.08. The van der Waals surface area contributed by atoms with E-state index < -0.39 is 0 Å². The number of amides is 1. The number of carbonyl (C=O) groups excluding carboxylic acids is 1. The number of pyridine rings is 1. The third kappa shape index (κ3) is 3.38. The van der Waals surface area contributed by atoms with Crippen LogP contribution in [0.2, 0.25) is 0 Å². The monoisotopic (exact) mass is 210 g/mol. The average Bonchev–Trinajstić information content (AvgIpc) is 2.18. The number of nitrogens with zero attached hydrogens (tertiary/aromatic N) is 1. The molecule has 0 fully saturated rings. The van der Waals surface area contributed by atoms with Gasteiger partial charge in [-0.3, -0.25) is 4.79 Å². The van der Waals surface area contributed by atoms with E-state index in [2.05, 4.69) is 4.98 Å². The summed E-state index contributed by atoms with van der Waals surface area (Å²) in [5.74, 6) is -0.262. The number of primary amides is 1. The number of rotatable bonds is 5. The molecule has 1 amide bonds. The summed E-state index contributed by atoms with van der Waals surface area (Å²) in [5.41, 5.74) is 5.28. The van der Waals surface area contributed by atoms with Gasteiger partial charge in [0.1, 0.15) is 0 Å². The number of hydrogen-bond acceptors (Lipinski definition) is 3. The Morgan fingerprint density at radius 1 is 1.64 bits per heavy atom. The molecule has 3 nitrogen and oxygen atoms in total. The SMILES string of the molecule is CCCC(Sc1ccccn1)C(N)=O. The number of carbonyl (C=O) groups is 1. The van der Waals surface area contributed by atoms with Gasteiger partial charge in [-0.1, -0.05) is 31.2 Å². The zero-order chi connectivity index (χ0) is 10.4. The first-order chi connectivity index (χ1) is 6.74. The number of aromatic nitrogens is 1. The Balaban J connectivity index is 2.60. The summed E-state index contributed by atoms with van der Waals surface area (Å²) in [6.45, 7) is 2.04. The van der Waals surface area contributed by atoms with Gasteiger partial charge in [0.15, 0.2) is 0 Å². The topological polar surface area (TPSA) is 56.0 Å². The highest BCUT2D eigenvalue weighted by Gasteiger charge is 2.15. The standard InChI is InChI=1S/C10H14N2OS/c1-2-5-8(10(11)13)14-9-6-3-4-7-12-9/h3-4,6-8H,2,5H2,1H3,(H2,11,13). The molecule has 0 radical (unpaired) electrons. The lowest BCUT2D eigenvalue weighted by molar-refractivity contribution is -0.117. The second kappa shape index (κ2) is 5.65. The molecule has 14 heavy (non-hydrogen) atoms. The van der Waals surface area contributed by atoms with E-state index in [4.69, 9.17) is 5.73 Å². The first-order valence-corrected chi connectivity index (χ1v) is 5.49. The van der Waals surface area contributed by atoms with Crippen molar-refractivity contribution in [1.29, 1.82) is 0 Å². The first kappa shape index (κ1) is 11.0. The van der Waals surface area contributed by atoms with Crippen LogP contribution in [0, 0.1) is 0 Å². The summed E-state index contributed by atoms with van der Waals surface area (Å²) in [7, 11) is 0. The Kier molecular flexibility index (Phi) is 4.46. The minimum Gasteiger partial charge on any atom is -0.369 e. The second-order valence-corrected chi connectivity index (χ2v) is 4.19. The predicted molar refractivity (Wildman–Crippen MR) is 58.0 cm³/mol.